The maximum absolute atomic E-state index is 6.25. The molecule has 4 rings (SSSR count). The van der Waals surface area contributed by atoms with Crippen molar-refractivity contribution in [2.45, 2.75) is 84.7 Å². The summed E-state index contributed by atoms with van der Waals surface area (Å²) in [5.41, 5.74) is 2.76. The molecule has 0 heterocycles. The van der Waals surface area contributed by atoms with Crippen molar-refractivity contribution in [1.29, 1.82) is 0 Å². The predicted octanol–water partition coefficient (Wildman–Crippen LogP) is 6.04. The Morgan fingerprint density at radius 1 is 0.875 bits per heavy atom. The number of rotatable bonds is 11. The van der Waals surface area contributed by atoms with E-state index in [9.17, 15) is 0 Å². The van der Waals surface area contributed by atoms with Crippen LogP contribution < -0.4 is 0 Å². The van der Waals surface area contributed by atoms with Gasteiger partial charge >= 0.3 is 0 Å². The van der Waals surface area contributed by atoms with Crippen molar-refractivity contribution in [1.82, 2.24) is 0 Å². The fourth-order valence-electron chi connectivity index (χ4n) is 8.29. The van der Waals surface area contributed by atoms with Crippen LogP contribution in [0.1, 0.15) is 78.6 Å². The van der Waals surface area contributed by atoms with Crippen LogP contribution in [-0.4, -0.2) is 52.9 Å². The van der Waals surface area contributed by atoms with E-state index in [4.69, 9.17) is 18.9 Å². The van der Waals surface area contributed by atoms with Crippen molar-refractivity contribution in [3.8, 4) is 0 Å². The maximum Gasteiger partial charge on any atom is 0.0704 e. The number of ether oxygens (including phenoxy) is 4. The van der Waals surface area contributed by atoms with E-state index in [1.807, 2.05) is 0 Å². The summed E-state index contributed by atoms with van der Waals surface area (Å²) in [4.78, 5) is 0. The Morgan fingerprint density at radius 3 is 2.38 bits per heavy atom. The number of fused-ring (bicyclic) bond motifs is 5. The molecule has 4 aliphatic rings. The van der Waals surface area contributed by atoms with Crippen molar-refractivity contribution in [3.05, 3.63) is 11.6 Å². The van der Waals surface area contributed by atoms with E-state index in [-0.39, 0.29) is 0 Å². The van der Waals surface area contributed by atoms with Gasteiger partial charge in [-0.25, -0.2) is 0 Å². The highest BCUT2D eigenvalue weighted by Gasteiger charge is 2.58. The number of hydrogen-bond acceptors (Lipinski definition) is 4. The van der Waals surface area contributed by atoms with Gasteiger partial charge < -0.3 is 18.9 Å². The highest BCUT2D eigenvalue weighted by Crippen LogP contribution is 2.66. The van der Waals surface area contributed by atoms with Crippen LogP contribution in [0.3, 0.4) is 0 Å². The van der Waals surface area contributed by atoms with Crippen LogP contribution in [0.15, 0.2) is 11.6 Å². The summed E-state index contributed by atoms with van der Waals surface area (Å²) in [6.07, 6.45) is 15.3. The molecule has 0 radical (unpaired) electrons. The minimum absolute atomic E-state index is 0.372. The van der Waals surface area contributed by atoms with Crippen molar-refractivity contribution in [2.75, 3.05) is 46.8 Å². The zero-order valence-electron chi connectivity index (χ0n) is 21.2. The van der Waals surface area contributed by atoms with Crippen LogP contribution in [0.4, 0.5) is 0 Å². The second-order valence-corrected chi connectivity index (χ2v) is 11.4. The highest BCUT2D eigenvalue weighted by atomic mass is 16.6. The number of hydrogen-bond donors (Lipinski definition) is 0. The molecule has 0 aromatic carbocycles. The first-order valence-electron chi connectivity index (χ1n) is 13.5. The standard InChI is InChI=1S/C28H48O4/c1-5-21-7-9-25-24-8-6-22-20-23(32-19-18-31-17-16-30-15-14-29-4)10-12-28(22,3)26(24)11-13-27(21,25)2/h6,21,23-26H,5,7-20H2,1-4H3. The maximum atomic E-state index is 6.25. The summed E-state index contributed by atoms with van der Waals surface area (Å²) in [6, 6.07) is 0. The Kier molecular flexibility index (Phi) is 8.40. The van der Waals surface area contributed by atoms with E-state index in [0.29, 0.717) is 56.6 Å². The van der Waals surface area contributed by atoms with Gasteiger partial charge in [-0.05, 0) is 85.9 Å². The van der Waals surface area contributed by atoms with Crippen LogP contribution in [0.25, 0.3) is 0 Å². The molecule has 3 fully saturated rings. The fourth-order valence-corrected chi connectivity index (χ4v) is 8.29. The largest absolute Gasteiger partial charge is 0.382 e. The van der Waals surface area contributed by atoms with E-state index in [2.05, 4.69) is 26.8 Å². The molecule has 0 aliphatic heterocycles. The molecule has 4 aliphatic carbocycles. The lowest BCUT2D eigenvalue weighted by atomic mass is 9.47. The monoisotopic (exact) mass is 448 g/mol. The van der Waals surface area contributed by atoms with Gasteiger partial charge in [-0.1, -0.05) is 38.8 Å². The van der Waals surface area contributed by atoms with E-state index >= 15 is 0 Å². The first-order chi connectivity index (χ1) is 15.5. The summed E-state index contributed by atoms with van der Waals surface area (Å²) >= 11 is 0. The molecule has 4 heteroatoms. The lowest BCUT2D eigenvalue weighted by Gasteiger charge is -2.58. The Labute approximate surface area is 196 Å². The van der Waals surface area contributed by atoms with E-state index < -0.39 is 0 Å². The van der Waals surface area contributed by atoms with Crippen LogP contribution in [0.2, 0.25) is 0 Å². The van der Waals surface area contributed by atoms with Crippen LogP contribution in [0.5, 0.6) is 0 Å². The molecule has 0 N–H and O–H groups in total. The molecule has 7 unspecified atom stereocenters. The lowest BCUT2D eigenvalue weighted by molar-refractivity contribution is -0.0646. The van der Waals surface area contributed by atoms with E-state index in [1.54, 1.807) is 12.7 Å². The minimum atomic E-state index is 0.372. The topological polar surface area (TPSA) is 36.9 Å². The van der Waals surface area contributed by atoms with Gasteiger partial charge in [-0.15, -0.1) is 0 Å². The van der Waals surface area contributed by atoms with Crippen LogP contribution in [-0.2, 0) is 18.9 Å². The molecule has 32 heavy (non-hydrogen) atoms. The van der Waals surface area contributed by atoms with Gasteiger partial charge in [0.05, 0.1) is 45.7 Å². The third-order valence-electron chi connectivity index (χ3n) is 10.1. The van der Waals surface area contributed by atoms with Crippen molar-refractivity contribution in [2.24, 2.45) is 34.5 Å². The van der Waals surface area contributed by atoms with E-state index in [0.717, 1.165) is 30.1 Å². The average molecular weight is 449 g/mol. The lowest BCUT2D eigenvalue weighted by Crippen LogP contribution is -2.50. The molecule has 0 saturated heterocycles. The highest BCUT2D eigenvalue weighted by molar-refractivity contribution is 5.25. The fraction of sp³-hybridized carbons (Fsp3) is 0.929. The third kappa shape index (κ3) is 4.85. The Hall–Kier alpha value is -0.420. The van der Waals surface area contributed by atoms with Gasteiger partial charge in [-0.2, -0.15) is 0 Å². The summed E-state index contributed by atoms with van der Waals surface area (Å²) < 4.78 is 22.3. The Bertz CT molecular complexity index is 633. The molecule has 0 amide bonds. The second kappa shape index (κ2) is 10.9. The summed E-state index contributed by atoms with van der Waals surface area (Å²) in [5, 5.41) is 0. The molecule has 4 nitrogen and oxygen atoms in total. The number of methoxy groups -OCH3 is 1. The second-order valence-electron chi connectivity index (χ2n) is 11.4. The normalized spacial score (nSPS) is 41.0. The zero-order chi connectivity index (χ0) is 22.6. The average Bonchev–Trinajstić information content (AvgIpc) is 3.14. The Balaban J connectivity index is 1.24. The van der Waals surface area contributed by atoms with E-state index in [1.165, 1.54) is 51.4 Å². The smallest absolute Gasteiger partial charge is 0.0704 e. The molecule has 7 atom stereocenters. The summed E-state index contributed by atoms with van der Waals surface area (Å²) in [6.45, 7) is 11.5. The van der Waals surface area contributed by atoms with Gasteiger partial charge in [0.1, 0.15) is 0 Å². The van der Waals surface area contributed by atoms with Crippen molar-refractivity contribution < 1.29 is 18.9 Å². The summed E-state index contributed by atoms with van der Waals surface area (Å²) in [7, 11) is 1.69. The van der Waals surface area contributed by atoms with Crippen molar-refractivity contribution >= 4 is 0 Å². The Morgan fingerprint density at radius 2 is 1.62 bits per heavy atom. The third-order valence-corrected chi connectivity index (χ3v) is 10.1. The minimum Gasteiger partial charge on any atom is -0.382 e. The quantitative estimate of drug-likeness (QED) is 0.285. The van der Waals surface area contributed by atoms with Gasteiger partial charge in [0, 0.05) is 7.11 Å². The molecule has 0 aromatic heterocycles. The zero-order valence-corrected chi connectivity index (χ0v) is 21.2. The molecule has 0 aromatic rings. The molecule has 184 valence electrons. The SMILES string of the molecule is CCC1CCC2C3CC=C4CC(OCCOCCOCCOC)CCC4(C)C3CCC12C. The van der Waals surface area contributed by atoms with Gasteiger partial charge in [0.2, 0.25) is 0 Å². The van der Waals surface area contributed by atoms with Gasteiger partial charge in [-0.3, -0.25) is 0 Å². The van der Waals surface area contributed by atoms with Crippen molar-refractivity contribution in [3.63, 3.8) is 0 Å². The van der Waals surface area contributed by atoms with Crippen LogP contribution in [0, 0.1) is 34.5 Å². The number of allylic oxidation sites excluding steroid dienone is 1. The molecule has 3 saturated carbocycles. The van der Waals surface area contributed by atoms with Crippen LogP contribution >= 0.6 is 0 Å². The molecule has 0 spiro atoms. The predicted molar refractivity (Wildman–Crippen MR) is 129 cm³/mol. The first kappa shape index (κ1) is 24.7. The summed E-state index contributed by atoms with van der Waals surface area (Å²) in [5.74, 6) is 3.76. The molecule has 0 bridgehead atoms. The first-order valence-corrected chi connectivity index (χ1v) is 13.5. The van der Waals surface area contributed by atoms with Gasteiger partial charge in [0.25, 0.3) is 0 Å². The molecular weight excluding hydrogens is 400 g/mol. The van der Waals surface area contributed by atoms with Gasteiger partial charge in [0.15, 0.2) is 0 Å². The molecular formula is C28H48O4.